The fraction of sp³-hybridized carbons (Fsp3) is 0.500. The van der Waals surface area contributed by atoms with Gasteiger partial charge < -0.3 is 10.2 Å². The third-order valence-electron chi connectivity index (χ3n) is 5.87. The summed E-state index contributed by atoms with van der Waals surface area (Å²) in [4.78, 5) is 14.4. The molecule has 0 saturated carbocycles. The van der Waals surface area contributed by atoms with Crippen LogP contribution in [0.4, 0.5) is 26.3 Å². The number of aromatic nitrogens is 2. The number of carbonyl (C=O) groups excluding carboxylic acids is 1. The fourth-order valence-corrected chi connectivity index (χ4v) is 4.20. The van der Waals surface area contributed by atoms with Crippen molar-refractivity contribution in [3.63, 3.8) is 0 Å². The molecular weight excluding hydrogens is 462 g/mol. The van der Waals surface area contributed by atoms with Crippen molar-refractivity contribution in [2.75, 3.05) is 19.6 Å². The number of carbonyl (C=O) groups is 1. The number of benzene rings is 1. The number of aromatic amines is 1. The normalized spacial score (nSPS) is 17.6. The Labute approximate surface area is 186 Å². The summed E-state index contributed by atoms with van der Waals surface area (Å²) in [7, 11) is 0. The number of nitrogens with zero attached hydrogens (tertiary/aromatic N) is 2. The first kappa shape index (κ1) is 24.4. The van der Waals surface area contributed by atoms with Crippen LogP contribution < -0.4 is 5.32 Å². The van der Waals surface area contributed by atoms with Crippen LogP contribution >= 0.6 is 12.4 Å². The third-order valence-corrected chi connectivity index (χ3v) is 5.87. The van der Waals surface area contributed by atoms with E-state index in [-0.39, 0.29) is 55.9 Å². The smallest absolute Gasteiger partial charge is 0.337 e. The number of hydrogen-bond donors (Lipinski definition) is 2. The van der Waals surface area contributed by atoms with E-state index in [0.29, 0.717) is 18.7 Å². The molecule has 0 unspecified atom stereocenters. The van der Waals surface area contributed by atoms with E-state index in [1.165, 1.54) is 0 Å². The van der Waals surface area contributed by atoms with Crippen LogP contribution in [0.2, 0.25) is 0 Å². The Morgan fingerprint density at radius 2 is 1.59 bits per heavy atom. The Balaban J connectivity index is 0.00000289. The average molecular weight is 483 g/mol. The topological polar surface area (TPSA) is 61.0 Å². The Morgan fingerprint density at radius 3 is 2.16 bits per heavy atom. The van der Waals surface area contributed by atoms with Crippen molar-refractivity contribution >= 4 is 18.3 Å². The molecule has 3 heterocycles. The first-order valence-corrected chi connectivity index (χ1v) is 9.89. The maximum atomic E-state index is 13.1. The molecule has 176 valence electrons. The minimum absolute atomic E-state index is 0. The molecule has 2 aromatic rings. The molecule has 5 nitrogen and oxygen atoms in total. The number of rotatable bonds is 2. The number of piperidine rings is 1. The van der Waals surface area contributed by atoms with Gasteiger partial charge in [0.25, 0.3) is 5.91 Å². The van der Waals surface area contributed by atoms with E-state index in [9.17, 15) is 31.1 Å². The summed E-state index contributed by atoms with van der Waals surface area (Å²) in [6, 6.07) is 1.71. The highest BCUT2D eigenvalue weighted by Gasteiger charge is 2.38. The minimum atomic E-state index is -4.87. The first-order valence-electron chi connectivity index (χ1n) is 9.89. The number of fused-ring (bicyclic) bond motifs is 1. The maximum absolute atomic E-state index is 13.1. The van der Waals surface area contributed by atoms with Gasteiger partial charge in [0, 0.05) is 25.2 Å². The van der Waals surface area contributed by atoms with Crippen LogP contribution in [-0.2, 0) is 25.3 Å². The molecule has 0 spiro atoms. The van der Waals surface area contributed by atoms with Crippen LogP contribution in [0, 0.1) is 0 Å². The zero-order chi connectivity index (χ0) is 22.4. The molecule has 1 aromatic carbocycles. The van der Waals surface area contributed by atoms with Crippen molar-refractivity contribution in [3.8, 4) is 0 Å². The Kier molecular flexibility index (Phi) is 6.80. The van der Waals surface area contributed by atoms with E-state index in [0.717, 1.165) is 29.9 Å². The molecule has 0 bridgehead atoms. The lowest BCUT2D eigenvalue weighted by molar-refractivity contribution is -0.143. The summed E-state index contributed by atoms with van der Waals surface area (Å²) in [6.45, 7) is 1.79. The van der Waals surface area contributed by atoms with Crippen LogP contribution in [-0.4, -0.2) is 40.6 Å². The molecule has 4 rings (SSSR count). The summed E-state index contributed by atoms with van der Waals surface area (Å²) in [5.41, 5.74) is -0.572. The largest absolute Gasteiger partial charge is 0.416 e. The number of likely N-dealkylation sites (tertiary alicyclic amines) is 1. The molecule has 32 heavy (non-hydrogen) atoms. The zero-order valence-electron chi connectivity index (χ0n) is 16.7. The number of alkyl halides is 6. The Morgan fingerprint density at radius 1 is 1.00 bits per heavy atom. The standard InChI is InChI=1S/C20H20F6N4O.ClH/c21-19(22,23)13-7-12(8-14(9-13)20(24,25)26)11-2-5-30(6-3-11)18(31)17-15-1-4-27-10-16(15)28-29-17;/h7-9,11,27H,1-6,10H2,(H,28,29);1H. The van der Waals surface area contributed by atoms with E-state index < -0.39 is 29.4 Å². The fourth-order valence-electron chi connectivity index (χ4n) is 4.20. The van der Waals surface area contributed by atoms with Crippen LogP contribution in [0.25, 0.3) is 0 Å². The molecule has 2 N–H and O–H groups in total. The number of H-pyrrole nitrogens is 1. The monoisotopic (exact) mass is 482 g/mol. The molecule has 12 heteroatoms. The van der Waals surface area contributed by atoms with Crippen LogP contribution in [0.15, 0.2) is 18.2 Å². The second-order valence-electron chi connectivity index (χ2n) is 7.86. The van der Waals surface area contributed by atoms with E-state index in [2.05, 4.69) is 15.5 Å². The molecule has 0 radical (unpaired) electrons. The molecule has 1 amide bonds. The van der Waals surface area contributed by atoms with Crippen molar-refractivity contribution in [2.45, 2.75) is 44.1 Å². The predicted molar refractivity (Wildman–Crippen MR) is 106 cm³/mol. The summed E-state index contributed by atoms with van der Waals surface area (Å²) in [5, 5.41) is 10.1. The molecule has 1 aromatic heterocycles. The van der Waals surface area contributed by atoms with E-state index in [1.807, 2.05) is 0 Å². The summed E-state index contributed by atoms with van der Waals surface area (Å²) < 4.78 is 78.8. The second-order valence-corrected chi connectivity index (χ2v) is 7.86. The zero-order valence-corrected chi connectivity index (χ0v) is 17.6. The van der Waals surface area contributed by atoms with Gasteiger partial charge in [-0.2, -0.15) is 31.4 Å². The number of hydrogen-bond acceptors (Lipinski definition) is 3. The van der Waals surface area contributed by atoms with E-state index >= 15 is 0 Å². The molecule has 2 aliphatic heterocycles. The van der Waals surface area contributed by atoms with Gasteiger partial charge in [0.15, 0.2) is 5.69 Å². The van der Waals surface area contributed by atoms with Gasteiger partial charge in [0.1, 0.15) is 0 Å². The van der Waals surface area contributed by atoms with Crippen molar-refractivity contribution in [1.29, 1.82) is 0 Å². The molecule has 1 fully saturated rings. The third kappa shape index (κ3) is 4.88. The SMILES string of the molecule is Cl.O=C(c1n[nH]c2c1CCNC2)N1CCC(c2cc(C(F)(F)F)cc(C(F)(F)F)c2)CC1. The van der Waals surface area contributed by atoms with Gasteiger partial charge in [-0.25, -0.2) is 0 Å². The predicted octanol–water partition coefficient (Wildman–Crippen LogP) is 4.53. The summed E-state index contributed by atoms with van der Waals surface area (Å²) in [5.74, 6) is -0.761. The number of nitrogens with one attached hydrogen (secondary N) is 2. The molecule has 1 saturated heterocycles. The number of amides is 1. The van der Waals surface area contributed by atoms with Crippen LogP contribution in [0.5, 0.6) is 0 Å². The van der Waals surface area contributed by atoms with Gasteiger partial charge in [-0.1, -0.05) is 0 Å². The highest BCUT2D eigenvalue weighted by Crippen LogP contribution is 2.39. The summed E-state index contributed by atoms with van der Waals surface area (Å²) >= 11 is 0. The second kappa shape index (κ2) is 8.93. The van der Waals surface area contributed by atoms with Gasteiger partial charge in [-0.05, 0) is 55.5 Å². The lowest BCUT2D eigenvalue weighted by Gasteiger charge is -2.32. The molecule has 0 aliphatic carbocycles. The van der Waals surface area contributed by atoms with Crippen LogP contribution in [0.1, 0.15) is 57.2 Å². The number of halogens is 7. The molecule has 2 aliphatic rings. The minimum Gasteiger partial charge on any atom is -0.337 e. The van der Waals surface area contributed by atoms with Gasteiger partial charge >= 0.3 is 12.4 Å². The highest BCUT2D eigenvalue weighted by atomic mass is 35.5. The first-order chi connectivity index (χ1) is 14.5. The highest BCUT2D eigenvalue weighted by molar-refractivity contribution is 5.94. The van der Waals surface area contributed by atoms with Crippen LogP contribution in [0.3, 0.4) is 0 Å². The average Bonchev–Trinajstić information content (AvgIpc) is 3.16. The Bertz CT molecular complexity index is 947. The van der Waals surface area contributed by atoms with Gasteiger partial charge in [-0.3, -0.25) is 9.89 Å². The van der Waals surface area contributed by atoms with Crippen molar-refractivity contribution in [2.24, 2.45) is 0 Å². The quantitative estimate of drug-likeness (QED) is 0.618. The van der Waals surface area contributed by atoms with Crippen molar-refractivity contribution in [3.05, 3.63) is 51.8 Å². The van der Waals surface area contributed by atoms with Gasteiger partial charge in [0.05, 0.1) is 16.8 Å². The molecule has 0 atom stereocenters. The van der Waals surface area contributed by atoms with Crippen molar-refractivity contribution in [1.82, 2.24) is 20.4 Å². The van der Waals surface area contributed by atoms with E-state index in [4.69, 9.17) is 0 Å². The van der Waals surface area contributed by atoms with E-state index in [1.54, 1.807) is 4.90 Å². The maximum Gasteiger partial charge on any atom is 0.416 e. The van der Waals surface area contributed by atoms with Gasteiger partial charge in [0.2, 0.25) is 0 Å². The van der Waals surface area contributed by atoms with Crippen molar-refractivity contribution < 1.29 is 31.1 Å². The lowest BCUT2D eigenvalue weighted by atomic mass is 9.87. The summed E-state index contributed by atoms with van der Waals surface area (Å²) in [6.07, 6.45) is -8.54. The molecular formula is C20H21ClF6N4O. The Hall–Kier alpha value is -2.27. The lowest BCUT2D eigenvalue weighted by Crippen LogP contribution is -2.39. The van der Waals surface area contributed by atoms with Gasteiger partial charge in [-0.15, -0.1) is 12.4 Å².